The van der Waals surface area contributed by atoms with Crippen molar-refractivity contribution in [3.05, 3.63) is 61.6 Å². The van der Waals surface area contributed by atoms with Crippen molar-refractivity contribution in [1.29, 1.82) is 0 Å². The van der Waals surface area contributed by atoms with E-state index >= 15 is 0 Å². The third-order valence-electron chi connectivity index (χ3n) is 4.75. The predicted molar refractivity (Wildman–Crippen MR) is 118 cm³/mol. The summed E-state index contributed by atoms with van der Waals surface area (Å²) in [6, 6.07) is 14.1. The van der Waals surface area contributed by atoms with Gasteiger partial charge in [0.05, 0.1) is 5.69 Å². The van der Waals surface area contributed by atoms with Gasteiger partial charge in [0.1, 0.15) is 6.61 Å². The number of ether oxygens (including phenoxy) is 1. The molecule has 0 N–H and O–H groups in total. The Bertz CT molecular complexity index is 802. The Hall–Kier alpha value is -1.08. The molecule has 1 amide bonds. The maximum Gasteiger partial charge on any atom is 0.414 e. The lowest BCUT2D eigenvalue weighted by atomic mass is 9.79. The molecule has 0 radical (unpaired) electrons. The maximum atomic E-state index is 13.1. The molecule has 0 saturated carbocycles. The summed E-state index contributed by atoms with van der Waals surface area (Å²) >= 11 is 5.99. The summed E-state index contributed by atoms with van der Waals surface area (Å²) in [7, 11) is 0. The number of aryl methyl sites for hydroxylation is 1. The second kappa shape index (κ2) is 7.89. The van der Waals surface area contributed by atoms with Gasteiger partial charge in [-0.3, -0.25) is 4.90 Å². The molecule has 0 saturated heterocycles. The van der Waals surface area contributed by atoms with Crippen LogP contribution in [0.1, 0.15) is 38.3 Å². The molecule has 2 aromatic carbocycles. The van der Waals surface area contributed by atoms with Crippen LogP contribution < -0.4 is 4.90 Å². The standard InChI is InChI=1S/C21H23BrINO2/c1-21(2,3)18-10-9-15-11-16(23)12-17(22)19(15)24(18)20(25)26-13-14-7-5-4-6-8-14/h4-8,11-12,18H,9-10,13H2,1-3H3. The Kier molecular flexibility index (Phi) is 5.97. The summed E-state index contributed by atoms with van der Waals surface area (Å²) in [5, 5.41) is 0. The fourth-order valence-corrected chi connectivity index (χ4v) is 5.29. The van der Waals surface area contributed by atoms with E-state index in [1.54, 1.807) is 0 Å². The van der Waals surface area contributed by atoms with E-state index in [-0.39, 0.29) is 24.2 Å². The minimum atomic E-state index is -0.281. The number of fused-ring (bicyclic) bond motifs is 1. The molecular weight excluding hydrogens is 505 g/mol. The third-order valence-corrected chi connectivity index (χ3v) is 5.98. The van der Waals surface area contributed by atoms with Gasteiger partial charge in [-0.15, -0.1) is 0 Å². The van der Waals surface area contributed by atoms with Gasteiger partial charge in [0.25, 0.3) is 0 Å². The van der Waals surface area contributed by atoms with Crippen LogP contribution in [0.5, 0.6) is 0 Å². The van der Waals surface area contributed by atoms with Gasteiger partial charge in [-0.05, 0) is 80.0 Å². The molecule has 1 unspecified atom stereocenters. The predicted octanol–water partition coefficient (Wildman–Crippen LogP) is 6.56. The summed E-state index contributed by atoms with van der Waals surface area (Å²) in [5.74, 6) is 0. The van der Waals surface area contributed by atoms with E-state index in [9.17, 15) is 4.79 Å². The number of amides is 1. The molecular formula is C21H23BrINO2. The Morgan fingerprint density at radius 2 is 1.96 bits per heavy atom. The summed E-state index contributed by atoms with van der Waals surface area (Å²) in [6.45, 7) is 6.83. The first-order chi connectivity index (χ1) is 12.3. The largest absolute Gasteiger partial charge is 0.444 e. The van der Waals surface area contributed by atoms with Crippen LogP contribution in [0.15, 0.2) is 46.9 Å². The number of benzene rings is 2. The fourth-order valence-electron chi connectivity index (χ4n) is 3.48. The molecule has 138 valence electrons. The maximum absolute atomic E-state index is 13.1. The minimum absolute atomic E-state index is 0.0358. The molecule has 0 bridgehead atoms. The van der Waals surface area contributed by atoms with Crippen molar-refractivity contribution >= 4 is 50.3 Å². The lowest BCUT2D eigenvalue weighted by Gasteiger charge is -2.43. The van der Waals surface area contributed by atoms with E-state index in [0.29, 0.717) is 0 Å². The van der Waals surface area contributed by atoms with Crippen molar-refractivity contribution in [3.63, 3.8) is 0 Å². The van der Waals surface area contributed by atoms with Gasteiger partial charge < -0.3 is 4.74 Å². The molecule has 0 fully saturated rings. The number of halogens is 2. The summed E-state index contributed by atoms with van der Waals surface area (Å²) in [4.78, 5) is 15.0. The lowest BCUT2D eigenvalue weighted by Crippen LogP contribution is -2.50. The van der Waals surface area contributed by atoms with Gasteiger partial charge >= 0.3 is 6.09 Å². The van der Waals surface area contributed by atoms with Gasteiger partial charge in [-0.2, -0.15) is 0 Å². The zero-order chi connectivity index (χ0) is 18.9. The quantitative estimate of drug-likeness (QED) is 0.414. The number of rotatable bonds is 2. The molecule has 1 aliphatic heterocycles. The highest BCUT2D eigenvalue weighted by Gasteiger charge is 2.40. The van der Waals surface area contributed by atoms with Crippen LogP contribution in [0, 0.1) is 8.99 Å². The molecule has 3 nitrogen and oxygen atoms in total. The Morgan fingerprint density at radius 1 is 1.27 bits per heavy atom. The van der Waals surface area contributed by atoms with E-state index < -0.39 is 0 Å². The van der Waals surface area contributed by atoms with E-state index in [1.807, 2.05) is 35.2 Å². The van der Waals surface area contributed by atoms with Crippen LogP contribution in [-0.4, -0.2) is 12.1 Å². The highest BCUT2D eigenvalue weighted by molar-refractivity contribution is 14.1. The highest BCUT2D eigenvalue weighted by Crippen LogP contribution is 2.43. The van der Waals surface area contributed by atoms with Crippen LogP contribution in [0.4, 0.5) is 10.5 Å². The van der Waals surface area contributed by atoms with Gasteiger partial charge in [-0.25, -0.2) is 4.79 Å². The van der Waals surface area contributed by atoms with Crippen molar-refractivity contribution in [3.8, 4) is 0 Å². The molecule has 26 heavy (non-hydrogen) atoms. The molecule has 0 aromatic heterocycles. The summed E-state index contributed by atoms with van der Waals surface area (Å²) in [6.07, 6.45) is 1.62. The number of carbonyl (C=O) groups is 1. The van der Waals surface area contributed by atoms with Crippen LogP contribution in [0.3, 0.4) is 0 Å². The molecule has 0 spiro atoms. The first kappa shape index (κ1) is 19.7. The van der Waals surface area contributed by atoms with Gasteiger partial charge in [0.15, 0.2) is 0 Å². The first-order valence-electron chi connectivity index (χ1n) is 8.75. The fraction of sp³-hybridized carbons (Fsp3) is 0.381. The zero-order valence-electron chi connectivity index (χ0n) is 15.3. The van der Waals surface area contributed by atoms with Gasteiger partial charge in [0.2, 0.25) is 0 Å². The second-order valence-electron chi connectivity index (χ2n) is 7.73. The molecule has 1 aliphatic rings. The topological polar surface area (TPSA) is 29.5 Å². The van der Waals surface area contributed by atoms with E-state index in [0.717, 1.165) is 28.6 Å². The highest BCUT2D eigenvalue weighted by atomic mass is 127. The van der Waals surface area contributed by atoms with Crippen LogP contribution in [-0.2, 0) is 17.8 Å². The SMILES string of the molecule is CC(C)(C)C1CCc2cc(I)cc(Br)c2N1C(=O)OCc1ccccc1. The zero-order valence-corrected chi connectivity index (χ0v) is 19.0. The third kappa shape index (κ3) is 4.25. The van der Waals surface area contributed by atoms with Crippen molar-refractivity contribution in [1.82, 2.24) is 0 Å². The van der Waals surface area contributed by atoms with Gasteiger partial charge in [-0.1, -0.05) is 51.1 Å². The van der Waals surface area contributed by atoms with Crippen LogP contribution in [0.2, 0.25) is 0 Å². The normalized spacial score (nSPS) is 17.0. The smallest absolute Gasteiger partial charge is 0.414 e. The van der Waals surface area contributed by atoms with Crippen LogP contribution >= 0.6 is 38.5 Å². The Labute approximate surface area is 177 Å². The number of hydrogen-bond acceptors (Lipinski definition) is 2. The minimum Gasteiger partial charge on any atom is -0.444 e. The van der Waals surface area contributed by atoms with Crippen molar-refractivity contribution < 1.29 is 9.53 Å². The Balaban J connectivity index is 1.93. The molecule has 1 atom stereocenters. The first-order valence-corrected chi connectivity index (χ1v) is 10.6. The monoisotopic (exact) mass is 527 g/mol. The molecule has 5 heteroatoms. The van der Waals surface area contributed by atoms with Gasteiger partial charge in [0, 0.05) is 14.1 Å². The number of carbonyl (C=O) groups excluding carboxylic acids is 1. The van der Waals surface area contributed by atoms with Crippen molar-refractivity contribution in [2.24, 2.45) is 5.41 Å². The lowest BCUT2D eigenvalue weighted by molar-refractivity contribution is 0.136. The molecule has 2 aromatic rings. The van der Waals surface area contributed by atoms with E-state index in [4.69, 9.17) is 4.74 Å². The van der Waals surface area contributed by atoms with Crippen molar-refractivity contribution in [2.45, 2.75) is 46.3 Å². The average molecular weight is 528 g/mol. The summed E-state index contributed by atoms with van der Waals surface area (Å²) in [5.41, 5.74) is 3.11. The molecule has 0 aliphatic carbocycles. The summed E-state index contributed by atoms with van der Waals surface area (Å²) < 4.78 is 7.82. The van der Waals surface area contributed by atoms with E-state index in [1.165, 1.54) is 9.13 Å². The van der Waals surface area contributed by atoms with Crippen molar-refractivity contribution in [2.75, 3.05) is 4.90 Å². The number of hydrogen-bond donors (Lipinski definition) is 0. The number of nitrogens with zero attached hydrogens (tertiary/aromatic N) is 1. The molecule has 3 rings (SSSR count). The Morgan fingerprint density at radius 3 is 2.62 bits per heavy atom. The second-order valence-corrected chi connectivity index (χ2v) is 9.83. The average Bonchev–Trinajstić information content (AvgIpc) is 2.58. The number of anilines is 1. The van der Waals surface area contributed by atoms with Crippen LogP contribution in [0.25, 0.3) is 0 Å². The van der Waals surface area contributed by atoms with E-state index in [2.05, 4.69) is 71.4 Å². The molecule has 1 heterocycles.